The summed E-state index contributed by atoms with van der Waals surface area (Å²) in [7, 11) is 0. The number of nitrogens with zero attached hydrogens (tertiary/aromatic N) is 2. The number of aliphatic hydroxyl groups is 1. The maximum Gasteiger partial charge on any atom is 0.272 e. The van der Waals surface area contributed by atoms with Crippen LogP contribution in [-0.4, -0.2) is 14.9 Å². The fraction of sp³-hybridized carbons (Fsp3) is 0.636. The molecule has 1 rings (SSSR count). The van der Waals surface area contributed by atoms with Crippen molar-refractivity contribution in [2.24, 2.45) is 0 Å². The standard InChI is InChI=1S/C11H18N2O2/c1-4-5-13-11(15)9(7-14)6-10(12-13)8(2)3/h6,8,14H,4-5,7H2,1-3H3. The van der Waals surface area contributed by atoms with Crippen molar-refractivity contribution in [1.29, 1.82) is 0 Å². The molecule has 4 heteroatoms. The molecule has 1 N–H and O–H groups in total. The highest BCUT2D eigenvalue weighted by atomic mass is 16.3. The zero-order valence-corrected chi connectivity index (χ0v) is 9.53. The first-order valence-electron chi connectivity index (χ1n) is 5.32. The molecule has 1 aromatic heterocycles. The van der Waals surface area contributed by atoms with Crippen molar-refractivity contribution in [1.82, 2.24) is 9.78 Å². The number of aliphatic hydroxyl groups excluding tert-OH is 1. The fourth-order valence-corrected chi connectivity index (χ4v) is 1.38. The lowest BCUT2D eigenvalue weighted by Crippen LogP contribution is -2.27. The Morgan fingerprint density at radius 1 is 1.53 bits per heavy atom. The van der Waals surface area contributed by atoms with Gasteiger partial charge in [0.1, 0.15) is 0 Å². The van der Waals surface area contributed by atoms with Gasteiger partial charge < -0.3 is 5.11 Å². The lowest BCUT2D eigenvalue weighted by Gasteiger charge is -2.10. The van der Waals surface area contributed by atoms with Crippen LogP contribution in [0.25, 0.3) is 0 Å². The van der Waals surface area contributed by atoms with Crippen LogP contribution in [0.1, 0.15) is 44.4 Å². The van der Waals surface area contributed by atoms with Crippen LogP contribution in [0.15, 0.2) is 10.9 Å². The smallest absolute Gasteiger partial charge is 0.272 e. The lowest BCUT2D eigenvalue weighted by atomic mass is 10.1. The van der Waals surface area contributed by atoms with E-state index in [4.69, 9.17) is 5.11 Å². The Kier molecular flexibility index (Phi) is 4.03. The molecule has 0 bridgehead atoms. The van der Waals surface area contributed by atoms with Crippen molar-refractivity contribution < 1.29 is 5.11 Å². The quantitative estimate of drug-likeness (QED) is 0.814. The van der Waals surface area contributed by atoms with E-state index in [0.717, 1.165) is 12.1 Å². The third kappa shape index (κ3) is 2.65. The van der Waals surface area contributed by atoms with E-state index in [0.29, 0.717) is 12.1 Å². The molecule has 0 aliphatic carbocycles. The first kappa shape index (κ1) is 11.9. The van der Waals surface area contributed by atoms with E-state index in [1.165, 1.54) is 4.68 Å². The molecule has 0 unspecified atom stereocenters. The monoisotopic (exact) mass is 210 g/mol. The summed E-state index contributed by atoms with van der Waals surface area (Å²) < 4.78 is 1.45. The van der Waals surface area contributed by atoms with Crippen LogP contribution in [0.3, 0.4) is 0 Å². The summed E-state index contributed by atoms with van der Waals surface area (Å²) >= 11 is 0. The van der Waals surface area contributed by atoms with Crippen molar-refractivity contribution in [3.63, 3.8) is 0 Å². The average Bonchev–Trinajstić information content (AvgIpc) is 2.21. The Morgan fingerprint density at radius 3 is 2.67 bits per heavy atom. The van der Waals surface area contributed by atoms with Crippen molar-refractivity contribution in [2.75, 3.05) is 0 Å². The molecule has 0 radical (unpaired) electrons. The van der Waals surface area contributed by atoms with Gasteiger partial charge in [0, 0.05) is 12.1 Å². The minimum Gasteiger partial charge on any atom is -0.391 e. The Hall–Kier alpha value is -1.16. The van der Waals surface area contributed by atoms with Crippen molar-refractivity contribution in [2.45, 2.75) is 46.3 Å². The van der Waals surface area contributed by atoms with Crippen LogP contribution in [0.2, 0.25) is 0 Å². The Bertz CT molecular complexity index is 383. The molecule has 1 aromatic rings. The van der Waals surface area contributed by atoms with Gasteiger partial charge in [-0.25, -0.2) is 4.68 Å². The van der Waals surface area contributed by atoms with E-state index in [2.05, 4.69) is 5.10 Å². The van der Waals surface area contributed by atoms with E-state index in [-0.39, 0.29) is 18.1 Å². The average molecular weight is 210 g/mol. The normalized spacial score (nSPS) is 11.0. The number of aryl methyl sites for hydroxylation is 1. The molecule has 0 fully saturated rings. The third-order valence-electron chi connectivity index (χ3n) is 2.26. The number of rotatable bonds is 4. The van der Waals surface area contributed by atoms with Gasteiger partial charge in [0.05, 0.1) is 12.3 Å². The zero-order chi connectivity index (χ0) is 11.4. The highest BCUT2D eigenvalue weighted by Crippen LogP contribution is 2.10. The predicted octanol–water partition coefficient (Wildman–Crippen LogP) is 1.27. The highest BCUT2D eigenvalue weighted by molar-refractivity contribution is 5.15. The summed E-state index contributed by atoms with van der Waals surface area (Å²) in [5, 5.41) is 13.3. The molecule has 1 heterocycles. The number of hydrogen-bond donors (Lipinski definition) is 1. The Labute approximate surface area is 89.6 Å². The molecular formula is C11H18N2O2. The Morgan fingerprint density at radius 2 is 2.20 bits per heavy atom. The van der Waals surface area contributed by atoms with E-state index in [1.54, 1.807) is 6.07 Å². The van der Waals surface area contributed by atoms with Crippen LogP contribution in [0.5, 0.6) is 0 Å². The molecule has 0 spiro atoms. The summed E-state index contributed by atoms with van der Waals surface area (Å²) in [5.41, 5.74) is 1.11. The van der Waals surface area contributed by atoms with Crippen molar-refractivity contribution in [3.05, 3.63) is 27.7 Å². The topological polar surface area (TPSA) is 55.1 Å². The Balaban J connectivity index is 3.25. The van der Waals surface area contributed by atoms with E-state index in [9.17, 15) is 4.79 Å². The van der Waals surface area contributed by atoms with Gasteiger partial charge in [0.2, 0.25) is 0 Å². The number of aromatic nitrogens is 2. The van der Waals surface area contributed by atoms with Crippen LogP contribution in [-0.2, 0) is 13.2 Å². The highest BCUT2D eigenvalue weighted by Gasteiger charge is 2.09. The van der Waals surface area contributed by atoms with Gasteiger partial charge in [0.25, 0.3) is 5.56 Å². The van der Waals surface area contributed by atoms with Gasteiger partial charge >= 0.3 is 0 Å². The predicted molar refractivity (Wildman–Crippen MR) is 58.8 cm³/mol. The SMILES string of the molecule is CCCn1nc(C(C)C)cc(CO)c1=O. The van der Waals surface area contributed by atoms with Gasteiger partial charge in [0.15, 0.2) is 0 Å². The molecule has 15 heavy (non-hydrogen) atoms. The molecule has 0 saturated carbocycles. The molecule has 0 saturated heterocycles. The van der Waals surface area contributed by atoms with E-state index >= 15 is 0 Å². The van der Waals surface area contributed by atoms with Crippen molar-refractivity contribution in [3.8, 4) is 0 Å². The first-order valence-corrected chi connectivity index (χ1v) is 5.32. The van der Waals surface area contributed by atoms with Gasteiger partial charge in [-0.2, -0.15) is 5.10 Å². The van der Waals surface area contributed by atoms with Crippen LogP contribution in [0, 0.1) is 0 Å². The van der Waals surface area contributed by atoms with E-state index in [1.807, 2.05) is 20.8 Å². The summed E-state index contributed by atoms with van der Waals surface area (Å²) in [6.45, 7) is 6.42. The second-order valence-corrected chi connectivity index (χ2v) is 3.94. The van der Waals surface area contributed by atoms with E-state index < -0.39 is 0 Å². The maximum atomic E-state index is 11.7. The second-order valence-electron chi connectivity index (χ2n) is 3.94. The van der Waals surface area contributed by atoms with Gasteiger partial charge in [-0.3, -0.25) is 4.79 Å². The molecule has 84 valence electrons. The third-order valence-corrected chi connectivity index (χ3v) is 2.26. The molecule has 0 aliphatic rings. The van der Waals surface area contributed by atoms with Crippen LogP contribution >= 0.6 is 0 Å². The van der Waals surface area contributed by atoms with Crippen molar-refractivity contribution >= 4 is 0 Å². The summed E-state index contributed by atoms with van der Waals surface area (Å²) in [6.07, 6.45) is 0.860. The lowest BCUT2D eigenvalue weighted by molar-refractivity contribution is 0.277. The summed E-state index contributed by atoms with van der Waals surface area (Å²) in [6, 6.07) is 1.69. The minimum atomic E-state index is -0.217. The number of hydrogen-bond acceptors (Lipinski definition) is 3. The van der Waals surface area contributed by atoms with Gasteiger partial charge in [-0.15, -0.1) is 0 Å². The molecular weight excluding hydrogens is 192 g/mol. The molecule has 0 atom stereocenters. The first-order chi connectivity index (χ1) is 7.10. The summed E-state index contributed by atoms with van der Waals surface area (Å²) in [5.74, 6) is 0.263. The molecule has 4 nitrogen and oxygen atoms in total. The maximum absolute atomic E-state index is 11.7. The van der Waals surface area contributed by atoms with Gasteiger partial charge in [-0.1, -0.05) is 20.8 Å². The molecule has 0 aromatic carbocycles. The zero-order valence-electron chi connectivity index (χ0n) is 9.53. The largest absolute Gasteiger partial charge is 0.391 e. The molecule has 0 amide bonds. The second kappa shape index (κ2) is 5.07. The summed E-state index contributed by atoms with van der Waals surface area (Å²) in [4.78, 5) is 11.7. The van der Waals surface area contributed by atoms with Crippen LogP contribution in [0.4, 0.5) is 0 Å². The van der Waals surface area contributed by atoms with Gasteiger partial charge in [-0.05, 0) is 18.4 Å². The molecule has 0 aliphatic heterocycles. The van der Waals surface area contributed by atoms with Crippen LogP contribution < -0.4 is 5.56 Å². The fourth-order valence-electron chi connectivity index (χ4n) is 1.38. The minimum absolute atomic E-state index is 0.177.